The van der Waals surface area contributed by atoms with Crippen molar-refractivity contribution in [2.75, 3.05) is 13.2 Å². The van der Waals surface area contributed by atoms with Gasteiger partial charge >= 0.3 is 19.8 Å². The Hall–Kier alpha value is -1.77. The summed E-state index contributed by atoms with van der Waals surface area (Å²) in [7, 11) is -4.77. The Morgan fingerprint density at radius 1 is 0.681 bits per heavy atom. The molecule has 272 valence electrons. The van der Waals surface area contributed by atoms with Gasteiger partial charge < -0.3 is 24.0 Å². The Morgan fingerprint density at radius 3 is 1.87 bits per heavy atom. The number of hydrogen-bond acceptors (Lipinski definition) is 7. The molecule has 9 nitrogen and oxygen atoms in total. The normalized spacial score (nSPS) is 17.2. The van der Waals surface area contributed by atoms with Crippen LogP contribution < -0.4 is 0 Å². The largest absolute Gasteiger partial charge is 0.469 e. The van der Waals surface area contributed by atoms with Gasteiger partial charge in [0.1, 0.15) is 6.61 Å². The molecular formula is C37H65O9P. The molecule has 0 radical (unpaired) electrons. The van der Waals surface area contributed by atoms with Crippen molar-refractivity contribution in [3.63, 3.8) is 0 Å². The third-order valence-corrected chi connectivity index (χ3v) is 8.57. The number of allylic oxidation sites excluding steroid dienone is 5. The molecule has 0 aliphatic carbocycles. The summed E-state index contributed by atoms with van der Waals surface area (Å²) >= 11 is 0. The molecule has 0 saturated carbocycles. The van der Waals surface area contributed by atoms with Gasteiger partial charge in [-0.05, 0) is 51.4 Å². The first kappa shape index (κ1) is 43.3. The first-order chi connectivity index (χ1) is 22.7. The average Bonchev–Trinajstić information content (AvgIpc) is 3.79. The van der Waals surface area contributed by atoms with Crippen LogP contribution >= 0.6 is 7.82 Å². The first-order valence-electron chi connectivity index (χ1n) is 18.4. The van der Waals surface area contributed by atoms with Gasteiger partial charge in [-0.25, -0.2) is 4.57 Å². The van der Waals surface area contributed by atoms with Crippen molar-refractivity contribution in [1.29, 1.82) is 0 Å². The van der Waals surface area contributed by atoms with Crippen LogP contribution in [-0.4, -0.2) is 53.3 Å². The summed E-state index contributed by atoms with van der Waals surface area (Å²) in [5.74, 6) is -0.962. The lowest BCUT2D eigenvalue weighted by molar-refractivity contribution is -0.161. The number of phosphoric ester groups is 1. The highest BCUT2D eigenvalue weighted by Crippen LogP contribution is 2.36. The molecule has 1 saturated heterocycles. The van der Waals surface area contributed by atoms with Crippen molar-refractivity contribution in [2.45, 2.75) is 173 Å². The molecule has 0 aromatic rings. The lowest BCUT2D eigenvalue weighted by Gasteiger charge is -2.18. The van der Waals surface area contributed by atoms with Gasteiger partial charge in [0.05, 0.1) is 18.8 Å². The summed E-state index contributed by atoms with van der Waals surface area (Å²) in [6.07, 6.45) is 34.6. The van der Waals surface area contributed by atoms with Crippen LogP contribution in [0.5, 0.6) is 0 Å². The molecule has 2 unspecified atom stereocenters. The van der Waals surface area contributed by atoms with E-state index in [0.29, 0.717) is 12.8 Å². The van der Waals surface area contributed by atoms with E-state index in [0.717, 1.165) is 44.9 Å². The molecule has 1 fully saturated rings. The Labute approximate surface area is 285 Å². The van der Waals surface area contributed by atoms with Crippen LogP contribution in [0.4, 0.5) is 0 Å². The second-order valence-electron chi connectivity index (χ2n) is 12.6. The molecule has 2 N–H and O–H groups in total. The topological polar surface area (TPSA) is 132 Å². The summed E-state index contributed by atoms with van der Waals surface area (Å²) in [5.41, 5.74) is 0. The van der Waals surface area contributed by atoms with E-state index in [2.05, 4.69) is 54.8 Å². The van der Waals surface area contributed by atoms with Gasteiger partial charge in [-0.15, -0.1) is 0 Å². The highest BCUT2D eigenvalue weighted by molar-refractivity contribution is 7.46. The smallest absolute Gasteiger partial charge is 0.462 e. The molecule has 1 rings (SSSR count). The van der Waals surface area contributed by atoms with Crippen molar-refractivity contribution in [3.8, 4) is 0 Å². The fourth-order valence-corrected chi connectivity index (χ4v) is 5.58. The standard InChI is InChI=1S/C37H65O9P/c1-3-5-7-9-11-13-15-17-18-20-22-24-27-34-35(46-34)28-26-30-37(39)45-33(32-44-47(40,41)42)31-43-36(38)29-25-23-21-19-16-14-12-10-8-6-4-2/h11,13,17-18,22,24,33-35H,3-10,12,14-16,19-21,23,25-32H2,1-2H3,(H2,40,41,42)/b13-11-,18-17-,24-22-/t33-,34?,35?/m1/s1. The molecule has 10 heteroatoms. The summed E-state index contributed by atoms with van der Waals surface area (Å²) < 4.78 is 32.0. The van der Waals surface area contributed by atoms with E-state index in [9.17, 15) is 14.2 Å². The number of rotatable bonds is 32. The molecule has 1 aliphatic rings. The molecule has 0 bridgehead atoms. The summed E-state index contributed by atoms with van der Waals surface area (Å²) in [6.45, 7) is 3.57. The van der Waals surface area contributed by atoms with Crippen molar-refractivity contribution in [2.24, 2.45) is 0 Å². The Kier molecular flexibility index (Phi) is 26.8. The van der Waals surface area contributed by atoms with Crippen LogP contribution in [-0.2, 0) is 32.9 Å². The highest BCUT2D eigenvalue weighted by Gasteiger charge is 2.36. The quantitative estimate of drug-likeness (QED) is 0.0234. The number of ether oxygens (including phenoxy) is 3. The third kappa shape index (κ3) is 28.9. The molecule has 1 heterocycles. The van der Waals surface area contributed by atoms with Crippen LogP contribution in [0.3, 0.4) is 0 Å². The molecule has 0 aromatic heterocycles. The molecule has 0 spiro atoms. The lowest BCUT2D eigenvalue weighted by atomic mass is 10.1. The van der Waals surface area contributed by atoms with Crippen LogP contribution in [0.15, 0.2) is 36.5 Å². The maximum Gasteiger partial charge on any atom is 0.469 e. The molecule has 47 heavy (non-hydrogen) atoms. The summed E-state index contributed by atoms with van der Waals surface area (Å²) in [5, 5.41) is 0. The van der Waals surface area contributed by atoms with Gasteiger partial charge in [0.25, 0.3) is 0 Å². The number of carbonyl (C=O) groups excluding carboxylic acids is 2. The van der Waals surface area contributed by atoms with E-state index in [4.69, 9.17) is 24.0 Å². The van der Waals surface area contributed by atoms with Gasteiger partial charge in [-0.3, -0.25) is 14.1 Å². The second kappa shape index (κ2) is 29.2. The van der Waals surface area contributed by atoms with Crippen molar-refractivity contribution < 1.29 is 42.7 Å². The van der Waals surface area contributed by atoms with Crippen molar-refractivity contribution in [3.05, 3.63) is 36.5 Å². The SMILES string of the molecule is CCCCC/C=C\C/C=C\C/C=C\CC1OC1CCCC(=O)O[C@H](COC(=O)CCCCCCCCCCCCC)COP(=O)(O)O. The van der Waals surface area contributed by atoms with Crippen LogP contribution in [0.2, 0.25) is 0 Å². The zero-order chi connectivity index (χ0) is 34.4. The maximum absolute atomic E-state index is 12.4. The van der Waals surface area contributed by atoms with E-state index >= 15 is 0 Å². The minimum Gasteiger partial charge on any atom is -0.462 e. The van der Waals surface area contributed by atoms with E-state index < -0.39 is 32.5 Å². The predicted molar refractivity (Wildman–Crippen MR) is 188 cm³/mol. The van der Waals surface area contributed by atoms with E-state index in [-0.39, 0.29) is 31.7 Å². The van der Waals surface area contributed by atoms with Crippen LogP contribution in [0.25, 0.3) is 0 Å². The molecule has 1 aliphatic heterocycles. The molecule has 0 aromatic carbocycles. The third-order valence-electron chi connectivity index (χ3n) is 8.09. The Balaban J connectivity index is 2.17. The molecule has 0 amide bonds. The van der Waals surface area contributed by atoms with Gasteiger partial charge in [0, 0.05) is 12.8 Å². The highest BCUT2D eigenvalue weighted by atomic mass is 31.2. The molecular weight excluding hydrogens is 619 g/mol. The zero-order valence-corrected chi connectivity index (χ0v) is 30.3. The average molecular weight is 685 g/mol. The monoisotopic (exact) mass is 684 g/mol. The fourth-order valence-electron chi connectivity index (χ4n) is 5.22. The minimum atomic E-state index is -4.77. The number of esters is 2. The van der Waals surface area contributed by atoms with Gasteiger partial charge in [0.15, 0.2) is 6.10 Å². The summed E-state index contributed by atoms with van der Waals surface area (Å²) in [6, 6.07) is 0. The van der Waals surface area contributed by atoms with Gasteiger partial charge in [0.2, 0.25) is 0 Å². The molecule has 3 atom stereocenters. The Morgan fingerprint density at radius 2 is 1.23 bits per heavy atom. The van der Waals surface area contributed by atoms with Crippen molar-refractivity contribution in [1.82, 2.24) is 0 Å². The maximum atomic E-state index is 12.4. The minimum absolute atomic E-state index is 0.117. The van der Waals surface area contributed by atoms with Crippen molar-refractivity contribution >= 4 is 19.8 Å². The summed E-state index contributed by atoms with van der Waals surface area (Å²) in [4.78, 5) is 42.7. The predicted octanol–water partition coefficient (Wildman–Crippen LogP) is 9.61. The van der Waals surface area contributed by atoms with E-state index in [1.165, 1.54) is 70.6 Å². The van der Waals surface area contributed by atoms with E-state index in [1.54, 1.807) is 0 Å². The first-order valence-corrected chi connectivity index (χ1v) is 19.9. The van der Waals surface area contributed by atoms with Gasteiger partial charge in [-0.1, -0.05) is 127 Å². The Bertz CT molecular complexity index is 927. The number of phosphoric acid groups is 1. The van der Waals surface area contributed by atoms with Crippen LogP contribution in [0.1, 0.15) is 155 Å². The number of hydrogen-bond donors (Lipinski definition) is 2. The number of carbonyl (C=O) groups is 2. The second-order valence-corrected chi connectivity index (χ2v) is 13.8. The lowest BCUT2D eigenvalue weighted by Crippen LogP contribution is -2.29. The zero-order valence-electron chi connectivity index (χ0n) is 29.4. The number of unbranched alkanes of at least 4 members (excludes halogenated alkanes) is 13. The van der Waals surface area contributed by atoms with Crippen LogP contribution in [0, 0.1) is 0 Å². The fraction of sp³-hybridized carbons (Fsp3) is 0.784. The van der Waals surface area contributed by atoms with E-state index in [1.807, 2.05) is 0 Å². The number of epoxide rings is 1. The van der Waals surface area contributed by atoms with Gasteiger partial charge in [-0.2, -0.15) is 0 Å².